The first-order valence-electron chi connectivity index (χ1n) is 16.6. The number of benzene rings is 7. The second kappa shape index (κ2) is 11.6. The molecule has 10 aromatic rings. The molecule has 7 aromatic carbocycles. The summed E-state index contributed by atoms with van der Waals surface area (Å²) >= 11 is 1.83. The van der Waals surface area contributed by atoms with E-state index in [1.54, 1.807) is 0 Å². The van der Waals surface area contributed by atoms with Crippen LogP contribution in [0.2, 0.25) is 0 Å². The first-order valence-corrected chi connectivity index (χ1v) is 17.4. The van der Waals surface area contributed by atoms with Crippen molar-refractivity contribution in [2.24, 2.45) is 0 Å². The van der Waals surface area contributed by atoms with Crippen molar-refractivity contribution < 1.29 is 4.42 Å². The van der Waals surface area contributed by atoms with Crippen molar-refractivity contribution >= 4 is 53.4 Å². The molecule has 0 unspecified atom stereocenters. The van der Waals surface area contributed by atoms with E-state index < -0.39 is 0 Å². The standard InChI is InChI=1S/C45H27N3OS/c1-3-12-28(13-4-1)43-46-44(29-14-5-2-6-15-29)48-45(47-43)33-25-31(30-22-23-41-37(27-30)35-16-8-10-21-40(35)50-41)24-32(26-33)34-18-11-20-39-42(34)36-17-7-9-19-38(36)49-39/h1-27H. The van der Waals surface area contributed by atoms with Crippen LogP contribution < -0.4 is 0 Å². The molecule has 5 heteroatoms. The second-order valence-corrected chi connectivity index (χ2v) is 13.5. The minimum atomic E-state index is 0.618. The lowest BCUT2D eigenvalue weighted by atomic mass is 9.93. The highest BCUT2D eigenvalue weighted by atomic mass is 32.1. The SMILES string of the molecule is c1ccc(-c2nc(-c3ccccc3)nc(-c3cc(-c4ccc5sc6ccccc6c5c4)cc(-c4cccc5oc6ccccc6c45)c3)n2)cc1. The summed E-state index contributed by atoms with van der Waals surface area (Å²) in [4.78, 5) is 15.2. The zero-order valence-corrected chi connectivity index (χ0v) is 27.6. The number of para-hydroxylation sites is 1. The molecule has 4 nitrogen and oxygen atoms in total. The van der Waals surface area contributed by atoms with Crippen molar-refractivity contribution in [2.75, 3.05) is 0 Å². The van der Waals surface area contributed by atoms with E-state index >= 15 is 0 Å². The number of fused-ring (bicyclic) bond motifs is 6. The molecule has 0 aliphatic heterocycles. The molecular formula is C45H27N3OS. The van der Waals surface area contributed by atoms with Crippen LogP contribution in [0, 0.1) is 0 Å². The van der Waals surface area contributed by atoms with Crippen LogP contribution in [0.5, 0.6) is 0 Å². The van der Waals surface area contributed by atoms with Crippen LogP contribution in [-0.4, -0.2) is 15.0 Å². The summed E-state index contributed by atoms with van der Waals surface area (Å²) in [7, 11) is 0. The highest BCUT2D eigenvalue weighted by Crippen LogP contribution is 2.41. The van der Waals surface area contributed by atoms with Gasteiger partial charge in [-0.15, -0.1) is 11.3 Å². The smallest absolute Gasteiger partial charge is 0.164 e. The van der Waals surface area contributed by atoms with E-state index in [0.29, 0.717) is 17.5 Å². The van der Waals surface area contributed by atoms with E-state index in [1.807, 2.05) is 90.2 Å². The Labute approximate surface area is 292 Å². The number of aromatic nitrogens is 3. The molecule has 0 aliphatic carbocycles. The summed E-state index contributed by atoms with van der Waals surface area (Å²) in [6, 6.07) is 56.9. The summed E-state index contributed by atoms with van der Waals surface area (Å²) in [6.45, 7) is 0. The number of nitrogens with zero attached hydrogens (tertiary/aromatic N) is 3. The molecule has 0 radical (unpaired) electrons. The van der Waals surface area contributed by atoms with Gasteiger partial charge in [-0.05, 0) is 70.8 Å². The van der Waals surface area contributed by atoms with E-state index in [0.717, 1.165) is 60.9 Å². The zero-order valence-electron chi connectivity index (χ0n) is 26.7. The van der Waals surface area contributed by atoms with Gasteiger partial charge in [0, 0.05) is 47.6 Å². The molecule has 234 valence electrons. The lowest BCUT2D eigenvalue weighted by molar-refractivity contribution is 0.669. The van der Waals surface area contributed by atoms with E-state index in [1.165, 1.54) is 20.2 Å². The van der Waals surface area contributed by atoms with Crippen LogP contribution in [0.25, 0.3) is 98.5 Å². The minimum absolute atomic E-state index is 0.618. The van der Waals surface area contributed by atoms with Gasteiger partial charge in [0.15, 0.2) is 17.5 Å². The molecule has 0 amide bonds. The molecule has 0 saturated carbocycles. The third-order valence-corrected chi connectivity index (χ3v) is 10.5. The second-order valence-electron chi connectivity index (χ2n) is 12.4. The van der Waals surface area contributed by atoms with E-state index in [-0.39, 0.29) is 0 Å². The molecule has 3 aromatic heterocycles. The summed E-state index contributed by atoms with van der Waals surface area (Å²) in [5, 5.41) is 4.72. The van der Waals surface area contributed by atoms with Crippen molar-refractivity contribution in [1.82, 2.24) is 15.0 Å². The predicted molar refractivity (Wildman–Crippen MR) is 207 cm³/mol. The molecule has 0 spiro atoms. The number of thiophene rings is 1. The fourth-order valence-electron chi connectivity index (χ4n) is 6.94. The average molecular weight is 658 g/mol. The molecule has 0 bridgehead atoms. The molecule has 50 heavy (non-hydrogen) atoms. The molecule has 10 rings (SSSR count). The van der Waals surface area contributed by atoms with Gasteiger partial charge in [0.1, 0.15) is 11.2 Å². The van der Waals surface area contributed by atoms with Gasteiger partial charge in [-0.2, -0.15) is 0 Å². The van der Waals surface area contributed by atoms with Gasteiger partial charge in [0.25, 0.3) is 0 Å². The Kier molecular flexibility index (Phi) is 6.64. The Hall–Kier alpha value is -6.43. The minimum Gasteiger partial charge on any atom is -0.456 e. The number of hydrogen-bond donors (Lipinski definition) is 0. The molecule has 3 heterocycles. The first-order chi connectivity index (χ1) is 24.7. The Morgan fingerprint density at radius 1 is 0.360 bits per heavy atom. The fourth-order valence-corrected chi connectivity index (χ4v) is 8.02. The van der Waals surface area contributed by atoms with Crippen molar-refractivity contribution in [2.45, 2.75) is 0 Å². The highest BCUT2D eigenvalue weighted by molar-refractivity contribution is 7.25. The van der Waals surface area contributed by atoms with Gasteiger partial charge in [-0.25, -0.2) is 15.0 Å². The Balaban J connectivity index is 1.25. The van der Waals surface area contributed by atoms with Gasteiger partial charge in [-0.3, -0.25) is 0 Å². The van der Waals surface area contributed by atoms with Crippen LogP contribution in [-0.2, 0) is 0 Å². The Morgan fingerprint density at radius 3 is 1.70 bits per heavy atom. The lowest BCUT2D eigenvalue weighted by Crippen LogP contribution is -2.00. The van der Waals surface area contributed by atoms with Crippen LogP contribution >= 0.6 is 11.3 Å². The Morgan fingerprint density at radius 2 is 0.940 bits per heavy atom. The van der Waals surface area contributed by atoms with E-state index in [2.05, 4.69) is 84.9 Å². The molecule has 0 saturated heterocycles. The average Bonchev–Trinajstić information content (AvgIpc) is 3.76. The van der Waals surface area contributed by atoms with Crippen molar-refractivity contribution in [3.63, 3.8) is 0 Å². The summed E-state index contributed by atoms with van der Waals surface area (Å²) in [6.07, 6.45) is 0. The maximum Gasteiger partial charge on any atom is 0.164 e. The van der Waals surface area contributed by atoms with Crippen molar-refractivity contribution in [3.05, 3.63) is 164 Å². The van der Waals surface area contributed by atoms with Gasteiger partial charge < -0.3 is 4.42 Å². The van der Waals surface area contributed by atoms with Crippen LogP contribution in [0.3, 0.4) is 0 Å². The topological polar surface area (TPSA) is 51.8 Å². The number of hydrogen-bond acceptors (Lipinski definition) is 5. The molecular weight excluding hydrogens is 631 g/mol. The van der Waals surface area contributed by atoms with Gasteiger partial charge in [0.05, 0.1) is 0 Å². The molecule has 0 aliphatic rings. The van der Waals surface area contributed by atoms with Crippen LogP contribution in [0.15, 0.2) is 168 Å². The third kappa shape index (κ3) is 4.87. The third-order valence-electron chi connectivity index (χ3n) is 9.31. The number of furan rings is 1. The van der Waals surface area contributed by atoms with Gasteiger partial charge in [-0.1, -0.05) is 115 Å². The van der Waals surface area contributed by atoms with Gasteiger partial charge in [0.2, 0.25) is 0 Å². The maximum atomic E-state index is 6.32. The fraction of sp³-hybridized carbons (Fsp3) is 0. The van der Waals surface area contributed by atoms with Crippen molar-refractivity contribution in [1.29, 1.82) is 0 Å². The highest BCUT2D eigenvalue weighted by Gasteiger charge is 2.18. The van der Waals surface area contributed by atoms with E-state index in [4.69, 9.17) is 19.4 Å². The number of rotatable bonds is 5. The molecule has 0 fully saturated rings. The molecule has 0 atom stereocenters. The zero-order chi connectivity index (χ0) is 33.0. The van der Waals surface area contributed by atoms with E-state index in [9.17, 15) is 0 Å². The Bertz CT molecular complexity index is 2820. The largest absolute Gasteiger partial charge is 0.456 e. The van der Waals surface area contributed by atoms with Gasteiger partial charge >= 0.3 is 0 Å². The normalized spacial score (nSPS) is 11.6. The lowest BCUT2D eigenvalue weighted by Gasteiger charge is -2.13. The van der Waals surface area contributed by atoms with Crippen LogP contribution in [0.4, 0.5) is 0 Å². The summed E-state index contributed by atoms with van der Waals surface area (Å²) in [5.41, 5.74) is 8.90. The maximum absolute atomic E-state index is 6.32. The van der Waals surface area contributed by atoms with Crippen LogP contribution in [0.1, 0.15) is 0 Å². The molecule has 0 N–H and O–H groups in total. The first kappa shape index (κ1) is 28.6. The van der Waals surface area contributed by atoms with Crippen molar-refractivity contribution in [3.8, 4) is 56.4 Å². The summed E-state index contributed by atoms with van der Waals surface area (Å²) in [5.74, 6) is 1.89. The monoisotopic (exact) mass is 657 g/mol. The summed E-state index contributed by atoms with van der Waals surface area (Å²) < 4.78 is 8.89. The quantitative estimate of drug-likeness (QED) is 0.185. The predicted octanol–water partition coefficient (Wildman–Crippen LogP) is 12.5.